The average molecular weight is 458 g/mol. The number of hydrogen-bond acceptors (Lipinski definition) is 3. The molecule has 2 unspecified atom stereocenters. The molecule has 0 saturated heterocycles. The number of ether oxygens (including phenoxy) is 1. The van der Waals surface area contributed by atoms with E-state index in [2.05, 4.69) is 27.5 Å². The summed E-state index contributed by atoms with van der Waals surface area (Å²) in [5.74, 6) is 1.22. The molecule has 136 valence electrons. The molecule has 0 aliphatic heterocycles. The van der Waals surface area contributed by atoms with Crippen molar-refractivity contribution in [1.82, 2.24) is 15.6 Å². The number of guanidine groups is 1. The number of aromatic nitrogens is 1. The highest BCUT2D eigenvalue weighted by Crippen LogP contribution is 2.28. The first-order chi connectivity index (χ1) is 10.9. The summed E-state index contributed by atoms with van der Waals surface area (Å²) in [6.45, 7) is 3.63. The van der Waals surface area contributed by atoms with Crippen molar-refractivity contribution in [3.63, 3.8) is 0 Å². The summed E-state index contributed by atoms with van der Waals surface area (Å²) in [6.07, 6.45) is -1.90. The zero-order chi connectivity index (χ0) is 16.9. The number of alkyl halides is 3. The smallest absolute Gasteiger partial charge is 0.422 e. The molecule has 0 radical (unpaired) electrons. The lowest BCUT2D eigenvalue weighted by Crippen LogP contribution is -2.39. The molecule has 5 nitrogen and oxygen atoms in total. The summed E-state index contributed by atoms with van der Waals surface area (Å²) >= 11 is 0. The molecule has 1 fully saturated rings. The number of nitrogens with one attached hydrogen (secondary N) is 2. The summed E-state index contributed by atoms with van der Waals surface area (Å²) in [5, 5.41) is 6.40. The molecule has 0 spiro atoms. The normalized spacial score (nSPS) is 20.1. The first kappa shape index (κ1) is 20.8. The second-order valence-corrected chi connectivity index (χ2v) is 5.53. The van der Waals surface area contributed by atoms with Gasteiger partial charge in [0.2, 0.25) is 5.88 Å². The lowest BCUT2D eigenvalue weighted by Gasteiger charge is -2.13. The van der Waals surface area contributed by atoms with Crippen LogP contribution >= 0.6 is 24.0 Å². The highest BCUT2D eigenvalue weighted by atomic mass is 127. The lowest BCUT2D eigenvalue weighted by atomic mass is 10.3. The van der Waals surface area contributed by atoms with Crippen LogP contribution in [0.4, 0.5) is 13.2 Å². The van der Waals surface area contributed by atoms with Gasteiger partial charge >= 0.3 is 6.18 Å². The van der Waals surface area contributed by atoms with Crippen LogP contribution in [0.1, 0.15) is 25.8 Å². The molecule has 1 aliphatic carbocycles. The number of rotatable bonds is 6. The minimum absolute atomic E-state index is 0. The van der Waals surface area contributed by atoms with E-state index in [4.69, 9.17) is 4.74 Å². The first-order valence-corrected chi connectivity index (χ1v) is 7.57. The van der Waals surface area contributed by atoms with E-state index in [0.29, 0.717) is 30.0 Å². The monoisotopic (exact) mass is 458 g/mol. The van der Waals surface area contributed by atoms with E-state index >= 15 is 0 Å². The van der Waals surface area contributed by atoms with Crippen molar-refractivity contribution in [2.45, 2.75) is 39.0 Å². The Balaban J connectivity index is 0.00000288. The Morgan fingerprint density at radius 3 is 2.75 bits per heavy atom. The minimum Gasteiger partial charge on any atom is -0.468 e. The van der Waals surface area contributed by atoms with E-state index in [1.807, 2.05) is 6.92 Å². The highest BCUT2D eigenvalue weighted by Gasteiger charge is 2.33. The summed E-state index contributed by atoms with van der Waals surface area (Å²) in [4.78, 5) is 8.26. The van der Waals surface area contributed by atoms with Gasteiger partial charge in [-0.1, -0.05) is 13.0 Å². The van der Waals surface area contributed by atoms with Gasteiger partial charge in [0.25, 0.3) is 0 Å². The van der Waals surface area contributed by atoms with Gasteiger partial charge in [-0.2, -0.15) is 13.2 Å². The molecule has 1 aliphatic rings. The van der Waals surface area contributed by atoms with Gasteiger partial charge in [0.1, 0.15) is 0 Å². The third-order valence-electron chi connectivity index (χ3n) is 3.41. The maximum atomic E-state index is 12.3. The predicted molar refractivity (Wildman–Crippen MR) is 96.7 cm³/mol. The fourth-order valence-corrected chi connectivity index (χ4v) is 2.01. The predicted octanol–water partition coefficient (Wildman–Crippen LogP) is 3.10. The Morgan fingerprint density at radius 1 is 1.46 bits per heavy atom. The number of pyridine rings is 1. The van der Waals surface area contributed by atoms with Crippen LogP contribution < -0.4 is 15.4 Å². The summed E-state index contributed by atoms with van der Waals surface area (Å²) in [7, 11) is 0. The van der Waals surface area contributed by atoms with Crippen LogP contribution in [0.25, 0.3) is 0 Å². The van der Waals surface area contributed by atoms with E-state index < -0.39 is 12.8 Å². The van der Waals surface area contributed by atoms with Crippen molar-refractivity contribution in [3.05, 3.63) is 23.9 Å². The molecule has 0 amide bonds. The van der Waals surface area contributed by atoms with Gasteiger partial charge in [0, 0.05) is 24.3 Å². The van der Waals surface area contributed by atoms with Gasteiger partial charge in [-0.25, -0.2) is 9.98 Å². The standard InChI is InChI=1S/C15H21F3N4O.HI/c1-3-19-14(22-12-7-10(12)2)21-8-11-5-4-6-20-13(11)23-9-15(16,17)18;/h4-6,10,12H,3,7-9H2,1-2H3,(H2,19,21,22);1H. The zero-order valence-electron chi connectivity index (χ0n) is 13.6. The molecule has 2 rings (SSSR count). The lowest BCUT2D eigenvalue weighted by molar-refractivity contribution is -0.154. The Bertz CT molecular complexity index is 554. The van der Waals surface area contributed by atoms with E-state index in [1.165, 1.54) is 6.20 Å². The van der Waals surface area contributed by atoms with Crippen LogP contribution in [0.15, 0.2) is 23.3 Å². The summed E-state index contributed by atoms with van der Waals surface area (Å²) in [6, 6.07) is 3.71. The van der Waals surface area contributed by atoms with Crippen LogP contribution in [0, 0.1) is 5.92 Å². The summed E-state index contributed by atoms with van der Waals surface area (Å²) < 4.78 is 41.6. The number of halogens is 4. The molecular weight excluding hydrogens is 436 g/mol. The van der Waals surface area contributed by atoms with Crippen LogP contribution in [0.2, 0.25) is 0 Å². The molecule has 0 bridgehead atoms. The number of aliphatic imine (C=N–C) groups is 1. The quantitative estimate of drug-likeness (QED) is 0.391. The maximum Gasteiger partial charge on any atom is 0.422 e. The third kappa shape index (κ3) is 7.10. The van der Waals surface area contributed by atoms with Gasteiger partial charge in [-0.15, -0.1) is 24.0 Å². The molecule has 2 N–H and O–H groups in total. The molecule has 0 aromatic carbocycles. The van der Waals surface area contributed by atoms with Crippen LogP contribution in [-0.4, -0.2) is 36.3 Å². The van der Waals surface area contributed by atoms with E-state index in [1.54, 1.807) is 12.1 Å². The van der Waals surface area contributed by atoms with Gasteiger partial charge in [-0.3, -0.25) is 0 Å². The van der Waals surface area contributed by atoms with Crippen LogP contribution in [0.3, 0.4) is 0 Å². The fourth-order valence-electron chi connectivity index (χ4n) is 2.01. The van der Waals surface area contributed by atoms with Crippen molar-refractivity contribution in [1.29, 1.82) is 0 Å². The van der Waals surface area contributed by atoms with Gasteiger partial charge in [-0.05, 0) is 25.3 Å². The van der Waals surface area contributed by atoms with Crippen molar-refractivity contribution in [2.24, 2.45) is 10.9 Å². The Kier molecular flexibility index (Phi) is 8.04. The van der Waals surface area contributed by atoms with Crippen LogP contribution in [0.5, 0.6) is 5.88 Å². The molecule has 24 heavy (non-hydrogen) atoms. The topological polar surface area (TPSA) is 58.5 Å². The number of hydrogen-bond donors (Lipinski definition) is 2. The van der Waals surface area contributed by atoms with Gasteiger partial charge in [0.15, 0.2) is 12.6 Å². The second kappa shape index (κ2) is 9.28. The third-order valence-corrected chi connectivity index (χ3v) is 3.41. The second-order valence-electron chi connectivity index (χ2n) is 5.53. The largest absolute Gasteiger partial charge is 0.468 e. The average Bonchev–Trinajstić information content (AvgIpc) is 3.18. The SMILES string of the molecule is CCNC(=NCc1cccnc1OCC(F)(F)F)NC1CC1C.I. The van der Waals surface area contributed by atoms with Crippen molar-refractivity contribution < 1.29 is 17.9 Å². The van der Waals surface area contributed by atoms with E-state index in [-0.39, 0.29) is 36.4 Å². The molecule has 1 aromatic rings. The van der Waals surface area contributed by atoms with E-state index in [0.717, 1.165) is 6.42 Å². The van der Waals surface area contributed by atoms with Gasteiger partial charge in [0.05, 0.1) is 6.54 Å². The Labute approximate surface area is 156 Å². The molecule has 2 atom stereocenters. The molecule has 9 heteroatoms. The Morgan fingerprint density at radius 2 is 2.17 bits per heavy atom. The molecule has 1 aromatic heterocycles. The zero-order valence-corrected chi connectivity index (χ0v) is 15.9. The van der Waals surface area contributed by atoms with Gasteiger partial charge < -0.3 is 15.4 Å². The minimum atomic E-state index is -4.39. The molecular formula is C15H22F3IN4O. The first-order valence-electron chi connectivity index (χ1n) is 7.57. The van der Waals surface area contributed by atoms with Crippen molar-refractivity contribution in [2.75, 3.05) is 13.2 Å². The maximum absolute atomic E-state index is 12.3. The molecule has 1 saturated carbocycles. The van der Waals surface area contributed by atoms with Crippen molar-refractivity contribution >= 4 is 29.9 Å². The Hall–Kier alpha value is -1.26. The summed E-state index contributed by atoms with van der Waals surface area (Å²) in [5.41, 5.74) is 0.512. The highest BCUT2D eigenvalue weighted by molar-refractivity contribution is 14.0. The molecule has 1 heterocycles. The number of nitrogens with zero attached hydrogens (tertiary/aromatic N) is 2. The van der Waals surface area contributed by atoms with Crippen LogP contribution in [-0.2, 0) is 6.54 Å². The fraction of sp³-hybridized carbons (Fsp3) is 0.600. The van der Waals surface area contributed by atoms with Crippen molar-refractivity contribution in [3.8, 4) is 5.88 Å². The van der Waals surface area contributed by atoms with E-state index in [9.17, 15) is 13.2 Å².